The number of amides is 1. The Labute approximate surface area is 196 Å². The number of hydrogen-bond donors (Lipinski definition) is 0. The number of rotatable bonds is 8. The van der Waals surface area contributed by atoms with E-state index in [0.717, 1.165) is 43.0 Å². The molecule has 32 heavy (non-hydrogen) atoms. The van der Waals surface area contributed by atoms with Crippen LogP contribution in [0.2, 0.25) is 0 Å². The lowest BCUT2D eigenvalue weighted by Crippen LogP contribution is -2.45. The number of carbonyl (C=O) groups is 1. The van der Waals surface area contributed by atoms with Crippen LogP contribution < -0.4 is 0 Å². The van der Waals surface area contributed by atoms with Crippen molar-refractivity contribution in [3.05, 3.63) is 41.7 Å². The van der Waals surface area contributed by atoms with Crippen molar-refractivity contribution in [2.24, 2.45) is 11.8 Å². The van der Waals surface area contributed by atoms with Crippen molar-refractivity contribution >= 4 is 17.7 Å². The van der Waals surface area contributed by atoms with Crippen LogP contribution in [0.25, 0.3) is 0 Å². The molecule has 1 aromatic heterocycles. The smallest absolute Gasteiger partial charge is 0.233 e. The van der Waals surface area contributed by atoms with E-state index in [4.69, 9.17) is 0 Å². The van der Waals surface area contributed by atoms with E-state index in [0.29, 0.717) is 11.7 Å². The highest BCUT2D eigenvalue weighted by molar-refractivity contribution is 7.99. The van der Waals surface area contributed by atoms with Gasteiger partial charge in [-0.15, -0.1) is 10.2 Å². The summed E-state index contributed by atoms with van der Waals surface area (Å²) >= 11 is 1.54. The van der Waals surface area contributed by atoms with E-state index in [1.807, 2.05) is 6.07 Å². The Bertz CT molecular complexity index is 884. The number of nitrogens with zero attached hydrogens (tertiary/aromatic N) is 5. The zero-order valence-electron chi connectivity index (χ0n) is 19.7. The number of fused-ring (bicyclic) bond motifs is 1. The average molecular weight is 456 g/mol. The van der Waals surface area contributed by atoms with Crippen molar-refractivity contribution in [2.75, 3.05) is 32.9 Å². The van der Waals surface area contributed by atoms with E-state index >= 15 is 0 Å². The van der Waals surface area contributed by atoms with Crippen LogP contribution in [0.5, 0.6) is 0 Å². The van der Waals surface area contributed by atoms with Crippen molar-refractivity contribution < 1.29 is 4.79 Å². The lowest BCUT2D eigenvalue weighted by atomic mass is 9.75. The number of piperidine rings is 1. The monoisotopic (exact) mass is 455 g/mol. The van der Waals surface area contributed by atoms with E-state index in [1.54, 1.807) is 0 Å². The largest absolute Gasteiger partial charge is 0.342 e. The van der Waals surface area contributed by atoms with Crippen LogP contribution in [0, 0.1) is 11.8 Å². The van der Waals surface area contributed by atoms with Crippen molar-refractivity contribution in [1.29, 1.82) is 0 Å². The number of benzene rings is 1. The second-order valence-corrected chi connectivity index (χ2v) is 10.5. The summed E-state index contributed by atoms with van der Waals surface area (Å²) in [4.78, 5) is 17.4. The van der Waals surface area contributed by atoms with Crippen molar-refractivity contribution in [3.63, 3.8) is 0 Å². The fraction of sp³-hybridized carbons (Fsp3) is 0.640. The highest BCUT2D eigenvalue weighted by Crippen LogP contribution is 2.36. The van der Waals surface area contributed by atoms with Gasteiger partial charge < -0.3 is 9.47 Å². The molecule has 174 valence electrons. The van der Waals surface area contributed by atoms with Gasteiger partial charge in [-0.3, -0.25) is 9.69 Å². The van der Waals surface area contributed by atoms with Gasteiger partial charge in [0.25, 0.3) is 0 Å². The molecular formula is C25H37N5OS. The molecule has 1 saturated carbocycles. The Balaban J connectivity index is 1.46. The third kappa shape index (κ3) is 5.37. The summed E-state index contributed by atoms with van der Waals surface area (Å²) in [6.45, 7) is 4.76. The molecule has 3 atom stereocenters. The van der Waals surface area contributed by atoms with Gasteiger partial charge in [-0.25, -0.2) is 0 Å². The fourth-order valence-electron chi connectivity index (χ4n) is 5.39. The molecule has 0 bridgehead atoms. The molecule has 0 unspecified atom stereocenters. The lowest BCUT2D eigenvalue weighted by Gasteiger charge is -2.41. The van der Waals surface area contributed by atoms with Gasteiger partial charge in [0.05, 0.1) is 18.3 Å². The SMILES string of the molecule is CC[C@H](c1nnc(SCC(=O)N2CC[C@@H]3CCCC[C@H]3C2)n1Cc1ccccc1)N(C)C. The number of likely N-dealkylation sites (tertiary alicyclic amines) is 1. The quantitative estimate of drug-likeness (QED) is 0.550. The topological polar surface area (TPSA) is 54.3 Å². The molecule has 0 radical (unpaired) electrons. The lowest BCUT2D eigenvalue weighted by molar-refractivity contribution is -0.131. The molecule has 1 aromatic carbocycles. The third-order valence-electron chi connectivity index (χ3n) is 7.21. The van der Waals surface area contributed by atoms with Gasteiger partial charge in [-0.05, 0) is 50.8 Å². The standard InChI is InChI=1S/C25H37N5OS/c1-4-22(28(2)3)24-26-27-25(30(24)16-19-10-6-5-7-11-19)32-18-23(31)29-15-14-20-12-8-9-13-21(20)17-29/h5-7,10-11,20-22H,4,8-9,12-18H2,1-3H3/t20-,21-,22+/m0/s1. The third-order valence-corrected chi connectivity index (χ3v) is 8.16. The van der Waals surface area contributed by atoms with Gasteiger partial charge in [-0.2, -0.15) is 0 Å². The van der Waals surface area contributed by atoms with Gasteiger partial charge in [0.1, 0.15) is 0 Å². The van der Waals surface area contributed by atoms with Crippen LogP contribution in [-0.2, 0) is 11.3 Å². The van der Waals surface area contributed by atoms with Crippen LogP contribution in [0.15, 0.2) is 35.5 Å². The first-order valence-corrected chi connectivity index (χ1v) is 13.1. The zero-order valence-corrected chi connectivity index (χ0v) is 20.6. The summed E-state index contributed by atoms with van der Waals surface area (Å²) in [6.07, 6.45) is 7.48. The van der Waals surface area contributed by atoms with E-state index < -0.39 is 0 Å². The molecule has 1 saturated heterocycles. The van der Waals surface area contributed by atoms with Gasteiger partial charge in [0.15, 0.2) is 11.0 Å². The maximum Gasteiger partial charge on any atom is 0.233 e. The predicted molar refractivity (Wildman–Crippen MR) is 130 cm³/mol. The minimum absolute atomic E-state index is 0.196. The zero-order chi connectivity index (χ0) is 22.5. The van der Waals surface area contributed by atoms with Crippen molar-refractivity contribution in [2.45, 2.75) is 63.2 Å². The maximum atomic E-state index is 13.1. The second kappa shape index (κ2) is 10.8. The van der Waals surface area contributed by atoms with E-state index in [2.05, 4.69) is 69.8 Å². The molecule has 2 fully saturated rings. The highest BCUT2D eigenvalue weighted by Gasteiger charge is 2.33. The number of thioether (sulfide) groups is 1. The number of aromatic nitrogens is 3. The van der Waals surface area contributed by atoms with Crippen LogP contribution in [0.4, 0.5) is 0 Å². The van der Waals surface area contributed by atoms with Gasteiger partial charge in [-0.1, -0.05) is 68.3 Å². The summed E-state index contributed by atoms with van der Waals surface area (Å²) < 4.78 is 2.20. The Hall–Kier alpha value is -1.86. The van der Waals surface area contributed by atoms with Gasteiger partial charge in [0, 0.05) is 13.1 Å². The minimum Gasteiger partial charge on any atom is -0.342 e. The van der Waals surface area contributed by atoms with Crippen LogP contribution in [-0.4, -0.2) is 63.4 Å². The molecular weight excluding hydrogens is 418 g/mol. The highest BCUT2D eigenvalue weighted by atomic mass is 32.2. The van der Waals surface area contributed by atoms with E-state index in [9.17, 15) is 4.79 Å². The second-order valence-electron chi connectivity index (χ2n) is 9.52. The molecule has 1 amide bonds. The Morgan fingerprint density at radius 1 is 1.12 bits per heavy atom. The summed E-state index contributed by atoms with van der Waals surface area (Å²) in [5.41, 5.74) is 1.22. The molecule has 6 nitrogen and oxygen atoms in total. The van der Waals surface area contributed by atoms with E-state index in [-0.39, 0.29) is 11.9 Å². The Morgan fingerprint density at radius 2 is 1.88 bits per heavy atom. The number of carbonyl (C=O) groups excluding carboxylic acids is 1. The van der Waals surface area contributed by atoms with E-state index in [1.165, 1.54) is 49.4 Å². The van der Waals surface area contributed by atoms with Gasteiger partial charge >= 0.3 is 0 Å². The predicted octanol–water partition coefficient (Wildman–Crippen LogP) is 4.47. The molecule has 7 heteroatoms. The summed E-state index contributed by atoms with van der Waals surface area (Å²) in [5, 5.41) is 9.94. The molecule has 0 spiro atoms. The van der Waals surface area contributed by atoms with Crippen LogP contribution in [0.3, 0.4) is 0 Å². The molecule has 2 heterocycles. The number of hydrogen-bond acceptors (Lipinski definition) is 5. The Morgan fingerprint density at radius 3 is 2.59 bits per heavy atom. The minimum atomic E-state index is 0.196. The fourth-order valence-corrected chi connectivity index (χ4v) is 6.24. The average Bonchev–Trinajstić information content (AvgIpc) is 3.20. The van der Waals surface area contributed by atoms with Crippen LogP contribution >= 0.6 is 11.8 Å². The molecule has 2 aliphatic rings. The molecule has 1 aliphatic carbocycles. The first-order valence-electron chi connectivity index (χ1n) is 12.1. The summed E-state index contributed by atoms with van der Waals surface area (Å²) in [7, 11) is 4.17. The maximum absolute atomic E-state index is 13.1. The Kier molecular flexibility index (Phi) is 7.89. The molecule has 0 N–H and O–H groups in total. The molecule has 2 aromatic rings. The van der Waals surface area contributed by atoms with Crippen molar-refractivity contribution in [3.8, 4) is 0 Å². The molecule has 4 rings (SSSR count). The van der Waals surface area contributed by atoms with Crippen molar-refractivity contribution in [1.82, 2.24) is 24.6 Å². The van der Waals surface area contributed by atoms with Crippen LogP contribution in [0.1, 0.15) is 62.9 Å². The normalized spacial score (nSPS) is 22.1. The van der Waals surface area contributed by atoms with Gasteiger partial charge in [0.2, 0.25) is 5.91 Å². The molecule has 1 aliphatic heterocycles. The first kappa shape index (κ1) is 23.3. The summed E-state index contributed by atoms with van der Waals surface area (Å²) in [6, 6.07) is 10.6. The first-order chi connectivity index (χ1) is 15.6. The summed E-state index contributed by atoms with van der Waals surface area (Å²) in [5.74, 6) is 3.20.